The van der Waals surface area contributed by atoms with Crippen LogP contribution >= 0.6 is 0 Å². The van der Waals surface area contributed by atoms with Crippen LogP contribution in [0.1, 0.15) is 40.5 Å². The molecule has 0 bridgehead atoms. The Bertz CT molecular complexity index is 292. The smallest absolute Gasteiger partial charge is 0.408 e. The number of hydrogen-bond acceptors (Lipinski definition) is 4. The fraction of sp³-hybridized carbons (Fsp3) is 0.692. The molecular weight excluding hydrogens is 234 g/mol. The third kappa shape index (κ3) is 11.0. The van der Waals surface area contributed by atoms with E-state index in [1.807, 2.05) is 19.1 Å². The van der Waals surface area contributed by atoms with E-state index in [4.69, 9.17) is 9.47 Å². The highest BCUT2D eigenvalue weighted by Crippen LogP contribution is 2.06. The summed E-state index contributed by atoms with van der Waals surface area (Å²) in [7, 11) is 0. The van der Waals surface area contributed by atoms with Gasteiger partial charge in [0.15, 0.2) is 0 Å². The summed E-state index contributed by atoms with van der Waals surface area (Å²) >= 11 is 0. The number of carbonyl (C=O) groups excluding carboxylic acids is 2. The quantitative estimate of drug-likeness (QED) is 0.451. The van der Waals surface area contributed by atoms with Crippen molar-refractivity contribution < 1.29 is 19.1 Å². The largest absolute Gasteiger partial charge is 0.464 e. The van der Waals surface area contributed by atoms with Crippen molar-refractivity contribution in [1.29, 1.82) is 0 Å². The first-order chi connectivity index (χ1) is 8.35. The molecule has 0 aromatic rings. The predicted octanol–water partition coefficient (Wildman–Crippen LogP) is 2.41. The highest BCUT2D eigenvalue weighted by molar-refractivity contribution is 5.77. The summed E-state index contributed by atoms with van der Waals surface area (Å²) in [5, 5.41) is 2.34. The van der Waals surface area contributed by atoms with Crippen LogP contribution in [0.2, 0.25) is 0 Å². The summed E-state index contributed by atoms with van der Waals surface area (Å²) < 4.78 is 9.90. The van der Waals surface area contributed by atoms with Crippen molar-refractivity contribution in [1.82, 2.24) is 5.32 Å². The number of ether oxygens (including phenoxy) is 2. The number of esters is 1. The predicted molar refractivity (Wildman–Crippen MR) is 69.2 cm³/mol. The van der Waals surface area contributed by atoms with Gasteiger partial charge in [0.1, 0.15) is 12.1 Å². The van der Waals surface area contributed by atoms with Gasteiger partial charge in [0.25, 0.3) is 0 Å². The first-order valence-electron chi connectivity index (χ1n) is 6.09. The van der Waals surface area contributed by atoms with Gasteiger partial charge in [-0.25, -0.2) is 4.79 Å². The van der Waals surface area contributed by atoms with Gasteiger partial charge >= 0.3 is 12.1 Å². The van der Waals surface area contributed by atoms with E-state index in [1.165, 1.54) is 0 Å². The molecule has 0 fully saturated rings. The molecule has 1 amide bonds. The molecule has 0 aliphatic heterocycles. The topological polar surface area (TPSA) is 64.6 Å². The second-order valence-corrected chi connectivity index (χ2v) is 4.79. The molecule has 0 rings (SSSR count). The van der Waals surface area contributed by atoms with E-state index in [2.05, 4.69) is 5.32 Å². The number of alkyl carbamates (subject to hydrolysis) is 1. The Balaban J connectivity index is 3.61. The Hall–Kier alpha value is -1.52. The lowest BCUT2D eigenvalue weighted by Gasteiger charge is -2.19. The lowest BCUT2D eigenvalue weighted by Crippen LogP contribution is -2.36. The summed E-state index contributed by atoms with van der Waals surface area (Å²) in [5.74, 6) is -0.457. The standard InChI is InChI=1S/C13H23NO4/c1-5-6-7-8-9-17-11(15)10-14-12(16)18-13(2,3)4/h5-6H,7-10H2,1-4H3,(H,14,16)/b6-5+. The van der Waals surface area contributed by atoms with E-state index >= 15 is 0 Å². The van der Waals surface area contributed by atoms with E-state index < -0.39 is 17.7 Å². The van der Waals surface area contributed by atoms with Gasteiger partial charge in [0, 0.05) is 0 Å². The zero-order valence-corrected chi connectivity index (χ0v) is 11.6. The van der Waals surface area contributed by atoms with Gasteiger partial charge < -0.3 is 14.8 Å². The van der Waals surface area contributed by atoms with E-state index in [1.54, 1.807) is 20.8 Å². The van der Waals surface area contributed by atoms with Crippen molar-refractivity contribution in [3.8, 4) is 0 Å². The average Bonchev–Trinajstić information content (AvgIpc) is 2.24. The Kier molecular flexibility index (Phi) is 7.83. The Morgan fingerprint density at radius 3 is 2.50 bits per heavy atom. The first kappa shape index (κ1) is 16.5. The summed E-state index contributed by atoms with van der Waals surface area (Å²) in [4.78, 5) is 22.5. The minimum Gasteiger partial charge on any atom is -0.464 e. The summed E-state index contributed by atoms with van der Waals surface area (Å²) in [6.45, 7) is 7.40. The van der Waals surface area contributed by atoms with E-state index in [-0.39, 0.29) is 6.54 Å². The maximum absolute atomic E-state index is 11.2. The molecule has 0 aromatic carbocycles. The van der Waals surface area contributed by atoms with Crippen molar-refractivity contribution in [3.05, 3.63) is 12.2 Å². The maximum atomic E-state index is 11.2. The summed E-state index contributed by atoms with van der Waals surface area (Å²) in [6, 6.07) is 0. The molecule has 0 aliphatic carbocycles. The highest BCUT2D eigenvalue weighted by Gasteiger charge is 2.16. The fourth-order valence-electron chi connectivity index (χ4n) is 1.06. The molecule has 0 radical (unpaired) electrons. The Labute approximate surface area is 109 Å². The van der Waals surface area contributed by atoms with Crippen LogP contribution in [0.3, 0.4) is 0 Å². The molecule has 104 valence electrons. The second kappa shape index (κ2) is 8.55. The van der Waals surface area contributed by atoms with Crippen LogP contribution in [0, 0.1) is 0 Å². The summed E-state index contributed by atoms with van der Waals surface area (Å²) in [5.41, 5.74) is -0.569. The van der Waals surface area contributed by atoms with Crippen molar-refractivity contribution >= 4 is 12.1 Å². The lowest BCUT2D eigenvalue weighted by atomic mass is 10.2. The molecule has 5 nitrogen and oxygen atoms in total. The molecule has 0 aliphatic rings. The zero-order valence-electron chi connectivity index (χ0n) is 11.6. The van der Waals surface area contributed by atoms with Crippen molar-refractivity contribution in [2.45, 2.75) is 46.1 Å². The molecular formula is C13H23NO4. The normalized spacial score (nSPS) is 11.3. The monoisotopic (exact) mass is 257 g/mol. The van der Waals surface area contributed by atoms with Gasteiger partial charge in [-0.2, -0.15) is 0 Å². The van der Waals surface area contributed by atoms with Gasteiger partial charge in [0.05, 0.1) is 6.61 Å². The lowest BCUT2D eigenvalue weighted by molar-refractivity contribution is -0.142. The number of hydrogen-bond donors (Lipinski definition) is 1. The first-order valence-corrected chi connectivity index (χ1v) is 6.09. The number of unbranched alkanes of at least 4 members (excludes halogenated alkanes) is 1. The van der Waals surface area contributed by atoms with Crippen molar-refractivity contribution in [3.63, 3.8) is 0 Å². The van der Waals surface area contributed by atoms with Gasteiger partial charge in [-0.15, -0.1) is 0 Å². The molecule has 0 heterocycles. The fourth-order valence-corrected chi connectivity index (χ4v) is 1.06. The van der Waals surface area contributed by atoms with Crippen LogP contribution < -0.4 is 5.32 Å². The highest BCUT2D eigenvalue weighted by atomic mass is 16.6. The average molecular weight is 257 g/mol. The number of amides is 1. The molecule has 0 saturated carbocycles. The van der Waals surface area contributed by atoms with Crippen LogP contribution in [0.5, 0.6) is 0 Å². The van der Waals surface area contributed by atoms with Crippen molar-refractivity contribution in [2.75, 3.05) is 13.2 Å². The third-order valence-corrected chi connectivity index (χ3v) is 1.79. The minimum atomic E-state index is -0.617. The van der Waals surface area contributed by atoms with Crippen LogP contribution in [-0.2, 0) is 14.3 Å². The molecule has 0 spiro atoms. The molecule has 0 aromatic heterocycles. The van der Waals surface area contributed by atoms with Gasteiger partial charge in [-0.3, -0.25) is 4.79 Å². The number of rotatable bonds is 6. The molecule has 0 atom stereocenters. The molecule has 18 heavy (non-hydrogen) atoms. The molecule has 0 unspecified atom stereocenters. The van der Waals surface area contributed by atoms with Crippen LogP contribution in [-0.4, -0.2) is 30.8 Å². The van der Waals surface area contributed by atoms with E-state index in [9.17, 15) is 9.59 Å². The summed E-state index contributed by atoms with van der Waals surface area (Å²) in [6.07, 6.45) is 5.00. The van der Waals surface area contributed by atoms with Crippen LogP contribution in [0.25, 0.3) is 0 Å². The third-order valence-electron chi connectivity index (χ3n) is 1.79. The van der Waals surface area contributed by atoms with E-state index in [0.717, 1.165) is 12.8 Å². The second-order valence-electron chi connectivity index (χ2n) is 4.79. The number of allylic oxidation sites excluding steroid dienone is 2. The molecule has 0 saturated heterocycles. The van der Waals surface area contributed by atoms with Crippen LogP contribution in [0.15, 0.2) is 12.2 Å². The number of nitrogens with one attached hydrogen (secondary N) is 1. The SMILES string of the molecule is C/C=C/CCCOC(=O)CNC(=O)OC(C)(C)C. The van der Waals surface area contributed by atoms with Crippen LogP contribution in [0.4, 0.5) is 4.79 Å². The zero-order chi connectivity index (χ0) is 14.0. The van der Waals surface area contributed by atoms with Crippen molar-refractivity contribution in [2.24, 2.45) is 0 Å². The minimum absolute atomic E-state index is 0.168. The Morgan fingerprint density at radius 1 is 1.28 bits per heavy atom. The van der Waals surface area contributed by atoms with E-state index in [0.29, 0.717) is 6.61 Å². The Morgan fingerprint density at radius 2 is 1.94 bits per heavy atom. The number of carbonyl (C=O) groups is 2. The molecule has 1 N–H and O–H groups in total. The van der Waals surface area contributed by atoms with Gasteiger partial charge in [0.2, 0.25) is 0 Å². The van der Waals surface area contributed by atoms with Gasteiger partial charge in [-0.05, 0) is 40.5 Å². The van der Waals surface area contributed by atoms with Gasteiger partial charge in [-0.1, -0.05) is 12.2 Å². The molecule has 5 heteroatoms. The maximum Gasteiger partial charge on any atom is 0.408 e.